The van der Waals surface area contributed by atoms with Crippen molar-refractivity contribution in [1.82, 2.24) is 25.2 Å². The number of rotatable bonds is 9. The van der Waals surface area contributed by atoms with Gasteiger partial charge in [-0.3, -0.25) is 9.59 Å². The smallest absolute Gasteiger partial charge is 0.247 e. The Hall–Kier alpha value is -4.04. The molecule has 8 heteroatoms. The Balaban J connectivity index is 1.48. The first-order valence-electron chi connectivity index (χ1n) is 12.7. The van der Waals surface area contributed by atoms with Crippen LogP contribution < -0.4 is 5.32 Å². The lowest BCUT2D eigenvalue weighted by atomic mass is 9.98. The molecule has 4 aromatic rings. The second kappa shape index (κ2) is 11.3. The lowest BCUT2D eigenvalue weighted by Gasteiger charge is -2.34. The molecule has 1 saturated heterocycles. The number of benzene rings is 3. The van der Waals surface area contributed by atoms with Gasteiger partial charge in [-0.25, -0.2) is 4.68 Å². The molecule has 190 valence electrons. The SMILES string of the molecule is Cc1ccccc1[C@H](C(=O)NCc1ccccc1)N(C[C@H]1CCCO1)C(=O)Cn1nnc2ccccc21. The molecule has 2 amide bonds. The molecule has 5 rings (SSSR count). The number of nitrogens with one attached hydrogen (secondary N) is 1. The number of carbonyl (C=O) groups excluding carboxylic acids is 2. The minimum atomic E-state index is -0.809. The Morgan fingerprint density at radius 2 is 1.81 bits per heavy atom. The average molecular weight is 498 g/mol. The second-order valence-electron chi connectivity index (χ2n) is 9.38. The van der Waals surface area contributed by atoms with Crippen molar-refractivity contribution in [2.75, 3.05) is 13.2 Å². The molecule has 0 radical (unpaired) electrons. The molecule has 1 aromatic heterocycles. The molecule has 0 bridgehead atoms. The lowest BCUT2D eigenvalue weighted by molar-refractivity contribution is -0.143. The van der Waals surface area contributed by atoms with Gasteiger partial charge in [-0.1, -0.05) is 71.9 Å². The van der Waals surface area contributed by atoms with Crippen LogP contribution in [0, 0.1) is 6.92 Å². The van der Waals surface area contributed by atoms with Crippen molar-refractivity contribution in [3.63, 3.8) is 0 Å². The van der Waals surface area contributed by atoms with E-state index in [1.165, 1.54) is 0 Å². The van der Waals surface area contributed by atoms with Crippen LogP contribution in [0.1, 0.15) is 35.6 Å². The van der Waals surface area contributed by atoms with E-state index in [2.05, 4.69) is 15.6 Å². The van der Waals surface area contributed by atoms with Crippen LogP contribution in [0.15, 0.2) is 78.9 Å². The largest absolute Gasteiger partial charge is 0.376 e. The van der Waals surface area contributed by atoms with Crippen molar-refractivity contribution in [2.24, 2.45) is 0 Å². The van der Waals surface area contributed by atoms with E-state index in [4.69, 9.17) is 4.74 Å². The van der Waals surface area contributed by atoms with Crippen molar-refractivity contribution in [2.45, 2.75) is 45.0 Å². The molecule has 37 heavy (non-hydrogen) atoms. The Morgan fingerprint density at radius 1 is 1.05 bits per heavy atom. The molecular formula is C29H31N5O3. The zero-order valence-electron chi connectivity index (χ0n) is 20.9. The summed E-state index contributed by atoms with van der Waals surface area (Å²) in [6.07, 6.45) is 1.67. The predicted octanol–water partition coefficient (Wildman–Crippen LogP) is 3.81. The van der Waals surface area contributed by atoms with E-state index in [1.807, 2.05) is 85.8 Å². The maximum absolute atomic E-state index is 13.9. The molecule has 2 atom stereocenters. The maximum Gasteiger partial charge on any atom is 0.247 e. The zero-order chi connectivity index (χ0) is 25.6. The van der Waals surface area contributed by atoms with E-state index in [0.29, 0.717) is 19.7 Å². The molecule has 1 aliphatic heterocycles. The van der Waals surface area contributed by atoms with E-state index in [-0.39, 0.29) is 24.5 Å². The monoisotopic (exact) mass is 497 g/mol. The molecule has 0 unspecified atom stereocenters. The third-order valence-electron chi connectivity index (χ3n) is 6.80. The summed E-state index contributed by atoms with van der Waals surface area (Å²) in [6.45, 7) is 3.30. The first-order valence-corrected chi connectivity index (χ1v) is 12.7. The van der Waals surface area contributed by atoms with Crippen LogP contribution in [-0.2, 0) is 27.4 Å². The molecule has 0 aliphatic carbocycles. The lowest BCUT2D eigenvalue weighted by Crippen LogP contribution is -2.48. The fourth-order valence-electron chi connectivity index (χ4n) is 4.84. The van der Waals surface area contributed by atoms with E-state index < -0.39 is 6.04 Å². The summed E-state index contributed by atoms with van der Waals surface area (Å²) >= 11 is 0. The number of fused-ring (bicyclic) bond motifs is 1. The van der Waals surface area contributed by atoms with Crippen LogP contribution in [0.3, 0.4) is 0 Å². The van der Waals surface area contributed by atoms with Crippen molar-refractivity contribution in [3.8, 4) is 0 Å². The van der Waals surface area contributed by atoms with Gasteiger partial charge in [0, 0.05) is 19.7 Å². The second-order valence-corrected chi connectivity index (χ2v) is 9.38. The standard InChI is InChI=1S/C29H31N5O3/c1-21-10-5-6-14-24(21)28(29(36)30-18-22-11-3-2-4-12-22)33(19-23-13-9-17-37-23)27(35)20-34-26-16-8-7-15-25(26)31-32-34/h2-8,10-12,14-16,23,28H,9,13,17-20H2,1H3,(H,30,36)/t23-,28-/m1/s1. The van der Waals surface area contributed by atoms with E-state index in [9.17, 15) is 9.59 Å². The normalized spacial score (nSPS) is 16.0. The highest BCUT2D eigenvalue weighted by molar-refractivity contribution is 5.89. The van der Waals surface area contributed by atoms with Gasteiger partial charge in [0.05, 0.1) is 11.6 Å². The molecule has 8 nitrogen and oxygen atoms in total. The fraction of sp³-hybridized carbons (Fsp3) is 0.310. The Labute approximate surface area is 216 Å². The molecule has 1 fully saturated rings. The van der Waals surface area contributed by atoms with Gasteiger partial charge in [-0.05, 0) is 48.6 Å². The first-order chi connectivity index (χ1) is 18.1. The van der Waals surface area contributed by atoms with E-state index >= 15 is 0 Å². The van der Waals surface area contributed by atoms with Crippen LogP contribution in [-0.4, -0.2) is 51.0 Å². The topological polar surface area (TPSA) is 89.4 Å². The van der Waals surface area contributed by atoms with Gasteiger partial charge in [0.25, 0.3) is 0 Å². The number of carbonyl (C=O) groups is 2. The van der Waals surface area contributed by atoms with Crippen molar-refractivity contribution < 1.29 is 14.3 Å². The van der Waals surface area contributed by atoms with Gasteiger partial charge in [-0.2, -0.15) is 0 Å². The van der Waals surface area contributed by atoms with Crippen LogP contribution in [0.5, 0.6) is 0 Å². The predicted molar refractivity (Wildman–Crippen MR) is 140 cm³/mol. The highest BCUT2D eigenvalue weighted by Gasteiger charge is 2.35. The maximum atomic E-state index is 13.9. The fourth-order valence-corrected chi connectivity index (χ4v) is 4.84. The summed E-state index contributed by atoms with van der Waals surface area (Å²) < 4.78 is 7.50. The number of hydrogen-bond donors (Lipinski definition) is 1. The quantitative estimate of drug-likeness (QED) is 0.380. The van der Waals surface area contributed by atoms with Crippen LogP contribution in [0.4, 0.5) is 0 Å². The van der Waals surface area contributed by atoms with Crippen molar-refractivity contribution >= 4 is 22.8 Å². The summed E-state index contributed by atoms with van der Waals surface area (Å²) in [5.74, 6) is -0.442. The summed E-state index contributed by atoms with van der Waals surface area (Å²) in [5, 5.41) is 11.5. The average Bonchev–Trinajstić information content (AvgIpc) is 3.59. The summed E-state index contributed by atoms with van der Waals surface area (Å²) in [6, 6.07) is 24.2. The summed E-state index contributed by atoms with van der Waals surface area (Å²) in [5.41, 5.74) is 4.22. The molecule has 2 heterocycles. The number of hydrogen-bond acceptors (Lipinski definition) is 5. The molecule has 1 aliphatic rings. The van der Waals surface area contributed by atoms with Gasteiger partial charge in [0.1, 0.15) is 18.1 Å². The van der Waals surface area contributed by atoms with Gasteiger partial charge in [0.15, 0.2) is 0 Å². The number of ether oxygens (including phenoxy) is 1. The van der Waals surface area contributed by atoms with Crippen LogP contribution >= 0.6 is 0 Å². The molecule has 0 saturated carbocycles. The molecular weight excluding hydrogens is 466 g/mol. The van der Waals surface area contributed by atoms with Gasteiger partial charge in [-0.15, -0.1) is 5.10 Å². The molecule has 1 N–H and O–H groups in total. The highest BCUT2D eigenvalue weighted by atomic mass is 16.5. The number of aromatic nitrogens is 3. The number of aryl methyl sites for hydroxylation is 1. The number of para-hydroxylation sites is 1. The van der Waals surface area contributed by atoms with Gasteiger partial charge >= 0.3 is 0 Å². The minimum Gasteiger partial charge on any atom is -0.376 e. The molecule has 0 spiro atoms. The number of nitrogens with zero attached hydrogens (tertiary/aromatic N) is 4. The third-order valence-corrected chi connectivity index (χ3v) is 6.80. The van der Waals surface area contributed by atoms with E-state index in [1.54, 1.807) is 9.58 Å². The zero-order valence-corrected chi connectivity index (χ0v) is 20.9. The Bertz CT molecular complexity index is 1360. The third kappa shape index (κ3) is 5.70. The minimum absolute atomic E-state index is 0.0262. The summed E-state index contributed by atoms with van der Waals surface area (Å²) in [7, 11) is 0. The van der Waals surface area contributed by atoms with Gasteiger partial charge in [0.2, 0.25) is 11.8 Å². The summed E-state index contributed by atoms with van der Waals surface area (Å²) in [4.78, 5) is 29.4. The molecule has 3 aromatic carbocycles. The van der Waals surface area contributed by atoms with E-state index in [0.717, 1.165) is 40.6 Å². The Kier molecular flexibility index (Phi) is 7.56. The number of amides is 2. The highest BCUT2D eigenvalue weighted by Crippen LogP contribution is 2.27. The van der Waals surface area contributed by atoms with Crippen LogP contribution in [0.25, 0.3) is 11.0 Å². The Morgan fingerprint density at radius 3 is 2.59 bits per heavy atom. The van der Waals surface area contributed by atoms with Crippen molar-refractivity contribution in [1.29, 1.82) is 0 Å². The van der Waals surface area contributed by atoms with Gasteiger partial charge < -0.3 is 15.0 Å². The van der Waals surface area contributed by atoms with Crippen molar-refractivity contribution in [3.05, 3.63) is 95.6 Å². The van der Waals surface area contributed by atoms with Crippen LogP contribution in [0.2, 0.25) is 0 Å². The first kappa shape index (κ1) is 24.6.